The Labute approximate surface area is 203 Å². The summed E-state index contributed by atoms with van der Waals surface area (Å²) in [5.74, 6) is 0.0784. The minimum Gasteiger partial charge on any atom is -0.330 e. The third-order valence-corrected chi connectivity index (χ3v) is 7.23. The summed E-state index contributed by atoms with van der Waals surface area (Å²) in [6.07, 6.45) is 1.49. The lowest BCUT2D eigenvalue weighted by Crippen LogP contribution is -2.44. The molecule has 7 heteroatoms. The van der Waals surface area contributed by atoms with Gasteiger partial charge in [0.2, 0.25) is 11.8 Å². The fraction of sp³-hybridized carbons (Fsp3) is 0.222. The molecule has 4 aromatic rings. The molecule has 34 heavy (non-hydrogen) atoms. The average molecular weight is 471 g/mol. The zero-order valence-corrected chi connectivity index (χ0v) is 19.8. The summed E-state index contributed by atoms with van der Waals surface area (Å²) < 4.78 is 2.00. The Morgan fingerprint density at radius 3 is 2.56 bits per heavy atom. The number of fused-ring (bicyclic) bond motifs is 1. The van der Waals surface area contributed by atoms with E-state index >= 15 is 0 Å². The second-order valence-corrected chi connectivity index (χ2v) is 9.32. The van der Waals surface area contributed by atoms with Gasteiger partial charge in [-0.05, 0) is 36.6 Å². The average Bonchev–Trinajstić information content (AvgIpc) is 3.49. The van der Waals surface area contributed by atoms with Crippen LogP contribution < -0.4 is 5.32 Å². The Hall–Kier alpha value is -3.58. The van der Waals surface area contributed by atoms with Crippen molar-refractivity contribution in [3.05, 3.63) is 78.9 Å². The predicted octanol–water partition coefficient (Wildman–Crippen LogP) is 4.96. The number of aromatic nitrogens is 2. The standard InChI is InChI=1S/C27H26N4O2S/c1-30-23-15-8-7-14-22(23)29-27(30)34-18-25(32)31-17-9-16-24(31)26(33)28-21-13-6-5-12-20(21)19-10-3-2-4-11-19/h2-8,10-15,24H,9,16-18H2,1H3,(H,28,33)/t24-/m0/s1. The fourth-order valence-electron chi connectivity index (χ4n) is 4.48. The quantitative estimate of drug-likeness (QED) is 0.405. The fourth-order valence-corrected chi connectivity index (χ4v) is 5.35. The molecule has 2 amide bonds. The highest BCUT2D eigenvalue weighted by Gasteiger charge is 2.34. The highest BCUT2D eigenvalue weighted by atomic mass is 32.2. The zero-order valence-electron chi connectivity index (χ0n) is 19.0. The van der Waals surface area contributed by atoms with Crippen LogP contribution in [0.3, 0.4) is 0 Å². The van der Waals surface area contributed by atoms with E-state index in [0.29, 0.717) is 13.0 Å². The van der Waals surface area contributed by atoms with Crippen LogP contribution in [0.4, 0.5) is 5.69 Å². The Kier molecular flexibility index (Phi) is 6.36. The molecule has 1 saturated heterocycles. The molecular weight excluding hydrogens is 444 g/mol. The molecule has 5 rings (SSSR count). The number of likely N-dealkylation sites (tertiary alicyclic amines) is 1. The number of hydrogen-bond donors (Lipinski definition) is 1. The molecule has 1 atom stereocenters. The lowest BCUT2D eigenvalue weighted by Gasteiger charge is -2.24. The number of thioether (sulfide) groups is 1. The number of nitrogens with zero attached hydrogens (tertiary/aromatic N) is 3. The Morgan fingerprint density at radius 1 is 1.00 bits per heavy atom. The number of benzene rings is 3. The first-order valence-electron chi connectivity index (χ1n) is 11.4. The maximum absolute atomic E-state index is 13.2. The molecule has 1 aliphatic heterocycles. The van der Waals surface area contributed by atoms with Gasteiger partial charge in [0.05, 0.1) is 16.8 Å². The number of amides is 2. The van der Waals surface area contributed by atoms with Crippen molar-refractivity contribution in [3.8, 4) is 11.1 Å². The summed E-state index contributed by atoms with van der Waals surface area (Å²) >= 11 is 1.41. The Morgan fingerprint density at radius 2 is 1.74 bits per heavy atom. The third-order valence-electron chi connectivity index (χ3n) is 6.22. The van der Waals surface area contributed by atoms with Gasteiger partial charge in [-0.1, -0.05) is 72.4 Å². The number of carbonyl (C=O) groups excluding carboxylic acids is 2. The highest BCUT2D eigenvalue weighted by molar-refractivity contribution is 7.99. The van der Waals surface area contributed by atoms with Crippen molar-refractivity contribution >= 4 is 40.3 Å². The highest BCUT2D eigenvalue weighted by Crippen LogP contribution is 2.29. The number of anilines is 1. The van der Waals surface area contributed by atoms with Crippen molar-refractivity contribution < 1.29 is 9.59 Å². The Bertz CT molecular complexity index is 1330. The van der Waals surface area contributed by atoms with Gasteiger partial charge in [0.25, 0.3) is 0 Å². The van der Waals surface area contributed by atoms with Gasteiger partial charge in [0.15, 0.2) is 5.16 Å². The molecule has 3 aromatic carbocycles. The van der Waals surface area contributed by atoms with E-state index in [1.54, 1.807) is 4.90 Å². The Balaban J connectivity index is 1.27. The molecule has 0 bridgehead atoms. The van der Waals surface area contributed by atoms with E-state index in [1.165, 1.54) is 11.8 Å². The molecule has 172 valence electrons. The van der Waals surface area contributed by atoms with Crippen LogP contribution >= 0.6 is 11.8 Å². The number of rotatable bonds is 6. The van der Waals surface area contributed by atoms with Gasteiger partial charge < -0.3 is 14.8 Å². The third kappa shape index (κ3) is 4.43. The number of aryl methyl sites for hydroxylation is 1. The van der Waals surface area contributed by atoms with Crippen LogP contribution in [0.2, 0.25) is 0 Å². The second-order valence-electron chi connectivity index (χ2n) is 8.38. The van der Waals surface area contributed by atoms with E-state index in [9.17, 15) is 9.59 Å². The molecule has 1 aromatic heterocycles. The van der Waals surface area contributed by atoms with Gasteiger partial charge >= 0.3 is 0 Å². The van der Waals surface area contributed by atoms with Gasteiger partial charge in [0.1, 0.15) is 6.04 Å². The second kappa shape index (κ2) is 9.73. The van der Waals surface area contributed by atoms with Crippen LogP contribution in [0.25, 0.3) is 22.2 Å². The summed E-state index contributed by atoms with van der Waals surface area (Å²) in [6.45, 7) is 0.598. The number of hydrogen-bond acceptors (Lipinski definition) is 4. The van der Waals surface area contributed by atoms with Crippen molar-refractivity contribution in [3.63, 3.8) is 0 Å². The summed E-state index contributed by atoms with van der Waals surface area (Å²) in [5, 5.41) is 3.88. The van der Waals surface area contributed by atoms with Crippen molar-refractivity contribution in [2.24, 2.45) is 7.05 Å². The maximum atomic E-state index is 13.2. The summed E-state index contributed by atoms with van der Waals surface area (Å²) in [4.78, 5) is 32.7. The molecule has 0 spiro atoms. The van der Waals surface area contributed by atoms with Crippen LogP contribution in [0.5, 0.6) is 0 Å². The molecule has 2 heterocycles. The summed E-state index contributed by atoms with van der Waals surface area (Å²) in [6, 6.07) is 25.2. The SMILES string of the molecule is Cn1c(SCC(=O)N2CCC[C@H]2C(=O)Nc2ccccc2-c2ccccc2)nc2ccccc21. The smallest absolute Gasteiger partial charge is 0.247 e. The van der Waals surface area contributed by atoms with E-state index in [1.807, 2.05) is 90.5 Å². The monoisotopic (exact) mass is 470 g/mol. The topological polar surface area (TPSA) is 67.2 Å². The molecule has 1 N–H and O–H groups in total. The normalized spacial score (nSPS) is 15.6. The summed E-state index contributed by atoms with van der Waals surface area (Å²) in [7, 11) is 1.96. The first kappa shape index (κ1) is 22.2. The minimum absolute atomic E-state index is 0.0361. The van der Waals surface area contributed by atoms with Crippen molar-refractivity contribution in [1.82, 2.24) is 14.5 Å². The predicted molar refractivity (Wildman–Crippen MR) is 137 cm³/mol. The van der Waals surface area contributed by atoms with Crippen LogP contribution in [0.1, 0.15) is 12.8 Å². The van der Waals surface area contributed by atoms with Crippen LogP contribution in [0.15, 0.2) is 84.0 Å². The minimum atomic E-state index is -0.461. The van der Waals surface area contributed by atoms with Crippen LogP contribution in [0, 0.1) is 0 Å². The van der Waals surface area contributed by atoms with E-state index in [2.05, 4.69) is 10.3 Å². The number of para-hydroxylation sites is 3. The van der Waals surface area contributed by atoms with Crippen LogP contribution in [-0.4, -0.2) is 44.6 Å². The molecule has 0 radical (unpaired) electrons. The molecule has 0 aliphatic carbocycles. The largest absolute Gasteiger partial charge is 0.330 e. The summed E-state index contributed by atoms with van der Waals surface area (Å²) in [5.41, 5.74) is 4.71. The van der Waals surface area contributed by atoms with Gasteiger partial charge in [-0.2, -0.15) is 0 Å². The molecule has 0 saturated carbocycles. The molecular formula is C27H26N4O2S. The van der Waals surface area contributed by atoms with E-state index < -0.39 is 6.04 Å². The van der Waals surface area contributed by atoms with Crippen molar-refractivity contribution in [2.75, 3.05) is 17.6 Å². The van der Waals surface area contributed by atoms with Gasteiger partial charge in [-0.25, -0.2) is 4.98 Å². The van der Waals surface area contributed by atoms with Gasteiger partial charge in [0, 0.05) is 24.8 Å². The lowest BCUT2D eigenvalue weighted by molar-refractivity contribution is -0.134. The lowest BCUT2D eigenvalue weighted by atomic mass is 10.0. The number of imidazole rings is 1. The molecule has 0 unspecified atom stereocenters. The molecule has 1 fully saturated rings. The first-order chi connectivity index (χ1) is 16.6. The maximum Gasteiger partial charge on any atom is 0.247 e. The molecule has 1 aliphatic rings. The first-order valence-corrected chi connectivity index (χ1v) is 12.4. The van der Waals surface area contributed by atoms with E-state index in [4.69, 9.17) is 0 Å². The van der Waals surface area contributed by atoms with E-state index in [-0.39, 0.29) is 17.6 Å². The van der Waals surface area contributed by atoms with Crippen LogP contribution in [-0.2, 0) is 16.6 Å². The number of carbonyl (C=O) groups is 2. The molecule has 6 nitrogen and oxygen atoms in total. The number of nitrogens with one attached hydrogen (secondary N) is 1. The van der Waals surface area contributed by atoms with Gasteiger partial charge in [-0.3, -0.25) is 9.59 Å². The van der Waals surface area contributed by atoms with Crippen molar-refractivity contribution in [1.29, 1.82) is 0 Å². The van der Waals surface area contributed by atoms with E-state index in [0.717, 1.165) is 39.4 Å². The zero-order chi connectivity index (χ0) is 23.5. The van der Waals surface area contributed by atoms with Crippen molar-refractivity contribution in [2.45, 2.75) is 24.0 Å². The van der Waals surface area contributed by atoms with Gasteiger partial charge in [-0.15, -0.1) is 0 Å².